The van der Waals surface area contributed by atoms with Crippen molar-refractivity contribution in [3.8, 4) is 0 Å². The fourth-order valence-electron chi connectivity index (χ4n) is 1.61. The zero-order chi connectivity index (χ0) is 16.1. The van der Waals surface area contributed by atoms with Gasteiger partial charge in [0.1, 0.15) is 0 Å². The number of aromatic nitrogens is 3. The summed E-state index contributed by atoms with van der Waals surface area (Å²) in [6.45, 7) is 0. The van der Waals surface area contributed by atoms with E-state index in [9.17, 15) is 14.4 Å². The predicted octanol–water partition coefficient (Wildman–Crippen LogP) is 0.255. The van der Waals surface area contributed by atoms with Crippen LogP contribution in [-0.2, 0) is 4.79 Å². The van der Waals surface area contributed by atoms with Crippen LogP contribution in [0.4, 0.5) is 11.4 Å². The van der Waals surface area contributed by atoms with Gasteiger partial charge in [-0.15, -0.1) is 0 Å². The van der Waals surface area contributed by atoms with Crippen LogP contribution >= 0.6 is 11.8 Å². The maximum atomic E-state index is 11.8. The molecule has 0 bridgehead atoms. The van der Waals surface area contributed by atoms with Crippen LogP contribution in [0.5, 0.6) is 0 Å². The summed E-state index contributed by atoms with van der Waals surface area (Å²) in [5.74, 6) is -0.257. The van der Waals surface area contributed by atoms with Gasteiger partial charge in [0.05, 0.1) is 5.75 Å². The second-order valence-corrected chi connectivity index (χ2v) is 5.55. The molecule has 22 heavy (non-hydrogen) atoms. The van der Waals surface area contributed by atoms with E-state index in [0.29, 0.717) is 5.69 Å². The largest absolute Gasteiger partial charge is 0.378 e. The Bertz CT molecular complexity index is 766. The second-order valence-electron chi connectivity index (χ2n) is 4.59. The summed E-state index contributed by atoms with van der Waals surface area (Å²) in [7, 11) is 3.86. The molecule has 2 rings (SSSR count). The summed E-state index contributed by atoms with van der Waals surface area (Å²) >= 11 is 0.946. The van der Waals surface area contributed by atoms with Crippen LogP contribution in [-0.4, -0.2) is 40.9 Å². The van der Waals surface area contributed by atoms with Crippen LogP contribution in [0.1, 0.15) is 0 Å². The molecule has 0 aliphatic rings. The monoisotopic (exact) mass is 321 g/mol. The smallest absolute Gasteiger partial charge is 0.342 e. The Morgan fingerprint density at radius 1 is 1.27 bits per heavy atom. The van der Waals surface area contributed by atoms with E-state index in [1.54, 1.807) is 12.1 Å². The molecule has 1 heterocycles. The van der Waals surface area contributed by atoms with Crippen molar-refractivity contribution < 1.29 is 4.79 Å². The van der Waals surface area contributed by atoms with Crippen molar-refractivity contribution in [3.63, 3.8) is 0 Å². The molecule has 0 aliphatic heterocycles. The number of nitrogens with one attached hydrogen (secondary N) is 3. The van der Waals surface area contributed by atoms with Gasteiger partial charge in [0, 0.05) is 25.5 Å². The van der Waals surface area contributed by atoms with Gasteiger partial charge in [-0.1, -0.05) is 11.8 Å². The fourth-order valence-corrected chi connectivity index (χ4v) is 2.24. The number of hydrogen-bond acceptors (Lipinski definition) is 6. The molecule has 0 unspecified atom stereocenters. The molecule has 0 fully saturated rings. The average molecular weight is 321 g/mol. The summed E-state index contributed by atoms with van der Waals surface area (Å²) in [5, 5.41) is 8.46. The van der Waals surface area contributed by atoms with Gasteiger partial charge in [-0.05, 0) is 24.3 Å². The van der Waals surface area contributed by atoms with Crippen LogP contribution < -0.4 is 21.5 Å². The summed E-state index contributed by atoms with van der Waals surface area (Å²) in [4.78, 5) is 38.1. The zero-order valence-electron chi connectivity index (χ0n) is 12.0. The molecule has 8 nitrogen and oxygen atoms in total. The minimum atomic E-state index is -0.681. The van der Waals surface area contributed by atoms with Crippen LogP contribution in [0.2, 0.25) is 0 Å². The topological polar surface area (TPSA) is 111 Å². The van der Waals surface area contributed by atoms with Crippen molar-refractivity contribution in [2.24, 2.45) is 0 Å². The van der Waals surface area contributed by atoms with Crippen molar-refractivity contribution in [2.45, 2.75) is 5.03 Å². The van der Waals surface area contributed by atoms with Crippen LogP contribution in [0, 0.1) is 0 Å². The summed E-state index contributed by atoms with van der Waals surface area (Å²) in [6.07, 6.45) is 0. The number of carbonyl (C=O) groups is 1. The van der Waals surface area contributed by atoms with Gasteiger partial charge in [-0.2, -0.15) is 5.10 Å². The molecule has 0 radical (unpaired) electrons. The highest BCUT2D eigenvalue weighted by Crippen LogP contribution is 2.16. The van der Waals surface area contributed by atoms with E-state index < -0.39 is 11.2 Å². The highest BCUT2D eigenvalue weighted by atomic mass is 32.2. The molecule has 0 saturated heterocycles. The van der Waals surface area contributed by atoms with E-state index in [-0.39, 0.29) is 16.7 Å². The van der Waals surface area contributed by atoms with Crippen molar-refractivity contribution in [3.05, 3.63) is 45.1 Å². The summed E-state index contributed by atoms with van der Waals surface area (Å²) in [5.41, 5.74) is 0.396. The normalized spacial score (nSPS) is 10.3. The van der Waals surface area contributed by atoms with Crippen molar-refractivity contribution in [1.82, 2.24) is 15.2 Å². The lowest BCUT2D eigenvalue weighted by atomic mass is 10.2. The second kappa shape index (κ2) is 6.94. The maximum Gasteiger partial charge on any atom is 0.342 e. The van der Waals surface area contributed by atoms with E-state index in [0.717, 1.165) is 17.4 Å². The third-order valence-corrected chi connectivity index (χ3v) is 3.64. The van der Waals surface area contributed by atoms with E-state index in [1.807, 2.05) is 36.1 Å². The number of thioether (sulfide) groups is 1. The van der Waals surface area contributed by atoms with Gasteiger partial charge in [0.25, 0.3) is 5.56 Å². The number of hydrogen-bond donors (Lipinski definition) is 3. The number of anilines is 2. The number of amides is 1. The van der Waals surface area contributed by atoms with Crippen LogP contribution in [0.25, 0.3) is 0 Å². The standard InChI is InChI=1S/C13H15N5O3S/c1-18(2)9-5-3-8(4-6-9)14-10(19)7-22-12-11(20)15-13(21)17-16-12/h3-6H,7H2,1-2H3,(H,14,19)(H2,15,17,20,21). The first kappa shape index (κ1) is 15.8. The molecule has 2 aromatic rings. The molecular weight excluding hydrogens is 306 g/mol. The lowest BCUT2D eigenvalue weighted by molar-refractivity contribution is -0.113. The predicted molar refractivity (Wildman–Crippen MR) is 85.6 cm³/mol. The Labute approximate surface area is 129 Å². The Hall–Kier alpha value is -2.55. The Kier molecular flexibility index (Phi) is 4.99. The molecule has 1 aromatic carbocycles. The molecule has 0 spiro atoms. The number of aromatic amines is 2. The zero-order valence-corrected chi connectivity index (χ0v) is 12.9. The van der Waals surface area contributed by atoms with Gasteiger partial charge >= 0.3 is 5.69 Å². The molecule has 0 atom stereocenters. The van der Waals surface area contributed by atoms with E-state index in [4.69, 9.17) is 0 Å². The van der Waals surface area contributed by atoms with E-state index in [2.05, 4.69) is 15.5 Å². The van der Waals surface area contributed by atoms with Crippen molar-refractivity contribution >= 4 is 29.0 Å². The first-order valence-electron chi connectivity index (χ1n) is 6.35. The van der Waals surface area contributed by atoms with Gasteiger partial charge in [0.15, 0.2) is 5.03 Å². The first-order valence-corrected chi connectivity index (χ1v) is 7.33. The molecule has 0 aliphatic carbocycles. The SMILES string of the molecule is CN(C)c1ccc(NC(=O)CSc2n[nH]c(=O)[nH]c2=O)cc1. The van der Waals surface area contributed by atoms with Crippen LogP contribution in [0.15, 0.2) is 38.9 Å². The Morgan fingerprint density at radius 3 is 2.55 bits per heavy atom. The Morgan fingerprint density at radius 2 is 1.95 bits per heavy atom. The molecule has 0 saturated carbocycles. The Balaban J connectivity index is 1.92. The lowest BCUT2D eigenvalue weighted by Gasteiger charge is -2.12. The van der Waals surface area contributed by atoms with Crippen LogP contribution in [0.3, 0.4) is 0 Å². The third-order valence-electron chi connectivity index (χ3n) is 2.69. The molecule has 1 aromatic heterocycles. The number of rotatable bonds is 5. The van der Waals surface area contributed by atoms with Gasteiger partial charge in [-0.25, -0.2) is 9.89 Å². The van der Waals surface area contributed by atoms with Crippen molar-refractivity contribution in [2.75, 3.05) is 30.1 Å². The van der Waals surface area contributed by atoms with E-state index in [1.165, 1.54) is 0 Å². The molecule has 1 amide bonds. The van der Waals surface area contributed by atoms with E-state index >= 15 is 0 Å². The summed E-state index contributed by atoms with van der Waals surface area (Å²) in [6, 6.07) is 7.36. The van der Waals surface area contributed by atoms with Gasteiger partial charge in [-0.3, -0.25) is 14.6 Å². The van der Waals surface area contributed by atoms with Gasteiger partial charge in [0.2, 0.25) is 5.91 Å². The fraction of sp³-hybridized carbons (Fsp3) is 0.231. The number of benzene rings is 1. The quantitative estimate of drug-likeness (QED) is 0.681. The lowest BCUT2D eigenvalue weighted by Crippen LogP contribution is -2.25. The third kappa shape index (κ3) is 4.22. The van der Waals surface area contributed by atoms with Gasteiger partial charge < -0.3 is 10.2 Å². The number of nitrogens with zero attached hydrogens (tertiary/aromatic N) is 2. The maximum absolute atomic E-state index is 11.8. The molecule has 9 heteroatoms. The number of carbonyl (C=O) groups excluding carboxylic acids is 1. The molecule has 3 N–H and O–H groups in total. The highest BCUT2D eigenvalue weighted by molar-refractivity contribution is 7.99. The molecular formula is C13H15N5O3S. The average Bonchev–Trinajstić information content (AvgIpc) is 2.47. The highest BCUT2D eigenvalue weighted by Gasteiger charge is 2.08. The minimum Gasteiger partial charge on any atom is -0.378 e. The van der Waals surface area contributed by atoms with Crippen molar-refractivity contribution in [1.29, 1.82) is 0 Å². The summed E-state index contributed by atoms with van der Waals surface area (Å²) < 4.78 is 0. The number of H-pyrrole nitrogens is 2. The minimum absolute atomic E-state index is 0.0115. The first-order chi connectivity index (χ1) is 10.5. The molecule has 116 valence electrons.